The number of hydrogen-bond donors (Lipinski definition) is 1. The molecule has 1 N–H and O–H groups in total. The van der Waals surface area contributed by atoms with Gasteiger partial charge < -0.3 is 5.32 Å². The maximum Gasteiger partial charge on any atom is 0.275 e. The summed E-state index contributed by atoms with van der Waals surface area (Å²) in [5.74, 6) is 0.387. The molecule has 2 aromatic rings. The summed E-state index contributed by atoms with van der Waals surface area (Å²) in [6.45, 7) is 2.01. The Bertz CT molecular complexity index is 862. The average Bonchev–Trinajstić information content (AvgIpc) is 3.04. The van der Waals surface area contributed by atoms with Crippen LogP contribution in [0.1, 0.15) is 35.1 Å². The van der Waals surface area contributed by atoms with Gasteiger partial charge in [0.2, 0.25) is 0 Å². The fraction of sp³-hybridized carbons (Fsp3) is 0.263. The first-order chi connectivity index (χ1) is 11.6. The number of rotatable bonds is 2. The van der Waals surface area contributed by atoms with E-state index in [1.807, 2.05) is 25.1 Å². The van der Waals surface area contributed by atoms with Crippen LogP contribution >= 0.6 is 15.9 Å². The van der Waals surface area contributed by atoms with Gasteiger partial charge in [0, 0.05) is 22.1 Å². The molecular weight excluding hydrogens is 368 g/mol. The van der Waals surface area contributed by atoms with Crippen LogP contribution in [0.5, 0.6) is 0 Å². The molecule has 4 nitrogen and oxygen atoms in total. The highest BCUT2D eigenvalue weighted by molar-refractivity contribution is 9.10. The third kappa shape index (κ3) is 2.35. The second-order valence-electron chi connectivity index (χ2n) is 6.48. The minimum Gasteiger partial charge on any atom is -0.377 e. The minimum atomic E-state index is -0.261. The second-order valence-corrected chi connectivity index (χ2v) is 7.39. The van der Waals surface area contributed by atoms with E-state index in [1.165, 1.54) is 5.56 Å². The maximum absolute atomic E-state index is 11.5. The molecule has 0 bridgehead atoms. The summed E-state index contributed by atoms with van der Waals surface area (Å²) in [4.78, 5) is 11.3. The molecule has 0 amide bonds. The summed E-state index contributed by atoms with van der Waals surface area (Å²) in [6, 6.07) is 11.9. The number of aryl methyl sites for hydroxylation is 1. The van der Waals surface area contributed by atoms with Gasteiger partial charge in [-0.2, -0.15) is 0 Å². The Morgan fingerprint density at radius 1 is 1.29 bits per heavy atom. The van der Waals surface area contributed by atoms with Crippen LogP contribution in [0, 0.1) is 23.0 Å². The average molecular weight is 385 g/mol. The number of nitrogens with zero attached hydrogens (tertiary/aromatic N) is 1. The van der Waals surface area contributed by atoms with Crippen molar-refractivity contribution in [2.24, 2.45) is 5.92 Å². The second kappa shape index (κ2) is 5.74. The first-order valence-corrected chi connectivity index (χ1v) is 8.82. The smallest absolute Gasteiger partial charge is 0.275 e. The molecule has 0 spiro atoms. The first kappa shape index (κ1) is 15.4. The zero-order valence-corrected chi connectivity index (χ0v) is 14.8. The number of nitro groups is 1. The summed E-state index contributed by atoms with van der Waals surface area (Å²) in [7, 11) is 0. The Labute approximate surface area is 148 Å². The molecule has 1 aliphatic heterocycles. The van der Waals surface area contributed by atoms with Crippen molar-refractivity contribution in [1.82, 2.24) is 0 Å². The lowest BCUT2D eigenvalue weighted by molar-refractivity contribution is -0.385. The van der Waals surface area contributed by atoms with Crippen molar-refractivity contribution in [3.63, 3.8) is 0 Å². The van der Waals surface area contributed by atoms with Crippen LogP contribution in [0.2, 0.25) is 0 Å². The van der Waals surface area contributed by atoms with Gasteiger partial charge in [0.1, 0.15) is 0 Å². The first-order valence-electron chi connectivity index (χ1n) is 8.03. The van der Waals surface area contributed by atoms with Gasteiger partial charge >= 0.3 is 0 Å². The van der Waals surface area contributed by atoms with Crippen molar-refractivity contribution in [1.29, 1.82) is 0 Å². The lowest BCUT2D eigenvalue weighted by atomic mass is 9.76. The molecule has 24 heavy (non-hydrogen) atoms. The lowest BCUT2D eigenvalue weighted by Crippen LogP contribution is -2.30. The molecule has 2 aromatic carbocycles. The monoisotopic (exact) mass is 384 g/mol. The van der Waals surface area contributed by atoms with E-state index < -0.39 is 0 Å². The van der Waals surface area contributed by atoms with Gasteiger partial charge in [-0.1, -0.05) is 46.3 Å². The van der Waals surface area contributed by atoms with E-state index in [4.69, 9.17) is 0 Å². The number of nitrogens with one attached hydrogen (secondary N) is 1. The number of benzene rings is 2. The van der Waals surface area contributed by atoms with E-state index in [0.717, 1.165) is 27.7 Å². The van der Waals surface area contributed by atoms with Crippen molar-refractivity contribution in [2.75, 3.05) is 5.32 Å². The number of allylic oxidation sites excluding steroid dienone is 2. The summed E-state index contributed by atoms with van der Waals surface area (Å²) >= 11 is 3.55. The topological polar surface area (TPSA) is 55.2 Å². The summed E-state index contributed by atoms with van der Waals surface area (Å²) in [6.07, 6.45) is 5.23. The Morgan fingerprint density at radius 3 is 2.88 bits per heavy atom. The zero-order valence-electron chi connectivity index (χ0n) is 13.2. The molecule has 1 aliphatic carbocycles. The highest BCUT2D eigenvalue weighted by atomic mass is 79.9. The van der Waals surface area contributed by atoms with E-state index in [2.05, 4.69) is 45.5 Å². The lowest BCUT2D eigenvalue weighted by Gasteiger charge is -2.38. The van der Waals surface area contributed by atoms with E-state index in [9.17, 15) is 10.1 Å². The fourth-order valence-corrected chi connectivity index (χ4v) is 4.44. The third-order valence-electron chi connectivity index (χ3n) is 5.11. The molecule has 0 unspecified atom stereocenters. The number of hydrogen-bond acceptors (Lipinski definition) is 3. The Hall–Kier alpha value is -2.14. The molecule has 0 radical (unpaired) electrons. The molecule has 4 rings (SSSR count). The number of nitro benzene ring substituents is 1. The molecule has 5 heteroatoms. The van der Waals surface area contributed by atoms with Crippen molar-refractivity contribution < 1.29 is 4.92 Å². The minimum absolute atomic E-state index is 0.0885. The number of halogens is 1. The predicted octanol–water partition coefficient (Wildman–Crippen LogP) is 5.49. The fourth-order valence-electron chi connectivity index (χ4n) is 4.02. The normalized spacial score (nSPS) is 24.2. The summed E-state index contributed by atoms with van der Waals surface area (Å²) in [5.41, 5.74) is 4.23. The molecular formula is C19H17BrN2O2. The van der Waals surface area contributed by atoms with E-state index in [0.29, 0.717) is 5.92 Å². The summed E-state index contributed by atoms with van der Waals surface area (Å²) < 4.78 is 1.05. The van der Waals surface area contributed by atoms with Crippen molar-refractivity contribution in [2.45, 2.75) is 25.3 Å². The van der Waals surface area contributed by atoms with Crippen LogP contribution in [-0.2, 0) is 0 Å². The zero-order chi connectivity index (χ0) is 16.8. The standard InChI is InChI=1S/C19H17BrN2O2/c1-11-8-9-16(22(23)24)17-14-6-3-7-15(14)19(21-18(11)17)12-4-2-5-13(20)10-12/h2-6,8-10,14-15,19,21H,7H2,1H3/t14-,15+,19-/m0/s1. The van der Waals surface area contributed by atoms with Crippen molar-refractivity contribution >= 4 is 27.3 Å². The van der Waals surface area contributed by atoms with Crippen molar-refractivity contribution in [3.05, 3.63) is 79.8 Å². The van der Waals surface area contributed by atoms with Crippen LogP contribution in [0.3, 0.4) is 0 Å². The number of fused-ring (bicyclic) bond motifs is 3. The van der Waals surface area contributed by atoms with Crippen LogP contribution in [0.4, 0.5) is 11.4 Å². The van der Waals surface area contributed by atoms with Gasteiger partial charge in [0.25, 0.3) is 5.69 Å². The molecule has 0 saturated heterocycles. The third-order valence-corrected chi connectivity index (χ3v) is 5.60. The Kier molecular flexibility index (Phi) is 3.68. The predicted molar refractivity (Wildman–Crippen MR) is 98.3 cm³/mol. The number of anilines is 1. The van der Waals surface area contributed by atoms with Gasteiger partial charge in [-0.25, -0.2) is 0 Å². The molecule has 3 atom stereocenters. The van der Waals surface area contributed by atoms with Gasteiger partial charge in [0.15, 0.2) is 0 Å². The highest BCUT2D eigenvalue weighted by Gasteiger charge is 2.42. The van der Waals surface area contributed by atoms with Gasteiger partial charge in [-0.05, 0) is 42.5 Å². The maximum atomic E-state index is 11.5. The molecule has 0 aromatic heterocycles. The SMILES string of the molecule is Cc1ccc([N+](=O)[O-])c2c1N[C@@H](c1cccc(Br)c1)[C@@H]1CC=C[C@H]21. The molecule has 2 aliphatic rings. The van der Waals surface area contributed by atoms with E-state index >= 15 is 0 Å². The van der Waals surface area contributed by atoms with E-state index in [1.54, 1.807) is 6.07 Å². The van der Waals surface area contributed by atoms with Crippen molar-refractivity contribution in [3.8, 4) is 0 Å². The Morgan fingerprint density at radius 2 is 2.12 bits per heavy atom. The quantitative estimate of drug-likeness (QED) is 0.422. The molecule has 0 fully saturated rings. The Balaban J connectivity index is 1.88. The molecule has 122 valence electrons. The molecule has 1 heterocycles. The van der Waals surface area contributed by atoms with Crippen LogP contribution in [0.25, 0.3) is 0 Å². The van der Waals surface area contributed by atoms with E-state index in [-0.39, 0.29) is 22.6 Å². The van der Waals surface area contributed by atoms with Gasteiger partial charge in [0.05, 0.1) is 16.5 Å². The van der Waals surface area contributed by atoms with Crippen LogP contribution in [0.15, 0.2) is 53.0 Å². The molecule has 0 saturated carbocycles. The highest BCUT2D eigenvalue weighted by Crippen LogP contribution is 2.53. The van der Waals surface area contributed by atoms with Gasteiger partial charge in [-0.3, -0.25) is 10.1 Å². The van der Waals surface area contributed by atoms with Crippen LogP contribution in [-0.4, -0.2) is 4.92 Å². The summed E-state index contributed by atoms with van der Waals surface area (Å²) in [5, 5.41) is 15.1. The largest absolute Gasteiger partial charge is 0.377 e. The van der Waals surface area contributed by atoms with Crippen LogP contribution < -0.4 is 5.32 Å². The van der Waals surface area contributed by atoms with Gasteiger partial charge in [-0.15, -0.1) is 0 Å².